The molecule has 31 heavy (non-hydrogen) atoms. The number of guanidine groups is 2. The number of nitrogens with two attached hydrogens (primary N) is 3. The predicted octanol–water partition coefficient (Wildman–Crippen LogP) is -5.91. The van der Waals surface area contributed by atoms with Gasteiger partial charge in [0, 0.05) is 0 Å². The minimum absolute atomic E-state index is 0.494. The molecule has 1 spiro atoms. The smallest absolute Gasteiger partial charge is 0.404 e. The summed E-state index contributed by atoms with van der Waals surface area (Å²) in [5.74, 6) is -8.57. The van der Waals surface area contributed by atoms with E-state index in [9.17, 15) is 31.8 Å². The molecule has 0 aromatic carbocycles. The van der Waals surface area contributed by atoms with E-state index >= 15 is 0 Å². The van der Waals surface area contributed by atoms with Crippen molar-refractivity contribution in [2.24, 2.45) is 27.2 Å². The van der Waals surface area contributed by atoms with Crippen molar-refractivity contribution >= 4 is 38.8 Å². The fourth-order valence-electron chi connectivity index (χ4n) is 3.74. The molecule has 19 nitrogen and oxygen atoms in total. The van der Waals surface area contributed by atoms with Crippen LogP contribution in [0.3, 0.4) is 0 Å². The van der Waals surface area contributed by atoms with Crippen molar-refractivity contribution in [1.82, 2.24) is 10.2 Å². The van der Waals surface area contributed by atoms with Gasteiger partial charge in [-0.05, 0) is 0 Å². The lowest BCUT2D eigenvalue weighted by Gasteiger charge is -2.48. The number of hydrogen-bond donors (Lipinski definition) is 8. The van der Waals surface area contributed by atoms with Crippen LogP contribution in [-0.4, -0.2) is 102 Å². The Morgan fingerprint density at radius 2 is 1.71 bits per heavy atom. The van der Waals surface area contributed by atoms with E-state index in [-0.39, 0.29) is 0 Å². The fraction of sp³-hybridized carbons (Fsp3) is 0.700. The lowest BCUT2D eigenvalue weighted by atomic mass is 9.85. The van der Waals surface area contributed by atoms with Gasteiger partial charge in [0.25, 0.3) is 11.6 Å². The molecule has 3 aliphatic rings. The number of aliphatic hydroxyl groups is 2. The van der Waals surface area contributed by atoms with E-state index in [1.807, 2.05) is 0 Å². The highest BCUT2D eigenvalue weighted by molar-refractivity contribution is 7.81. The third-order valence-electron chi connectivity index (χ3n) is 4.69. The molecule has 3 rings (SSSR count). The Bertz CT molecular complexity index is 1040. The van der Waals surface area contributed by atoms with Gasteiger partial charge in [0.1, 0.15) is 18.7 Å². The number of primary amides is 1. The van der Waals surface area contributed by atoms with Crippen LogP contribution < -0.4 is 22.5 Å². The Hall–Kier alpha value is -2.53. The van der Waals surface area contributed by atoms with E-state index in [4.69, 9.17) is 26.3 Å². The minimum Gasteiger partial charge on any atom is -0.447 e. The van der Waals surface area contributed by atoms with Crippen LogP contribution in [0.5, 0.6) is 0 Å². The van der Waals surface area contributed by atoms with Gasteiger partial charge in [-0.3, -0.25) is 9.11 Å². The number of carbonyl (C=O) groups is 1. The molecule has 3 heterocycles. The first-order chi connectivity index (χ1) is 13.9. The molecule has 0 aliphatic carbocycles. The van der Waals surface area contributed by atoms with Crippen molar-refractivity contribution in [1.29, 1.82) is 0 Å². The van der Waals surface area contributed by atoms with E-state index < -0.39 is 81.3 Å². The Morgan fingerprint density at radius 3 is 2.19 bits per heavy atom. The van der Waals surface area contributed by atoms with Crippen molar-refractivity contribution in [2.75, 3.05) is 13.2 Å². The van der Waals surface area contributed by atoms with Crippen molar-refractivity contribution in [3.8, 4) is 0 Å². The third kappa shape index (κ3) is 3.59. The zero-order valence-corrected chi connectivity index (χ0v) is 16.6. The Kier molecular flexibility index (Phi) is 5.03. The van der Waals surface area contributed by atoms with Gasteiger partial charge in [0.2, 0.25) is 5.66 Å². The fourth-order valence-corrected chi connectivity index (χ4v) is 4.87. The van der Waals surface area contributed by atoms with Gasteiger partial charge in [0.05, 0.1) is 6.54 Å². The SMILES string of the molecule is NC(=O)OC[C@@H]1N=C(N)N2CC(OS(=O)(=O)O)(OS(=O)(=O)O)C(O)(O)C23NC(N)=N[C@@H]13. The Labute approximate surface area is 173 Å². The molecule has 0 aromatic rings. The molecule has 21 heteroatoms. The van der Waals surface area contributed by atoms with Crippen LogP contribution in [0, 0.1) is 0 Å². The first-order valence-electron chi connectivity index (χ1n) is 7.89. The number of nitrogens with zero attached hydrogens (tertiary/aromatic N) is 3. The first-order valence-corrected chi connectivity index (χ1v) is 10.6. The summed E-state index contributed by atoms with van der Waals surface area (Å²) >= 11 is 0. The Morgan fingerprint density at radius 1 is 1.16 bits per heavy atom. The zero-order valence-electron chi connectivity index (χ0n) is 15.0. The molecule has 0 saturated carbocycles. The predicted molar refractivity (Wildman–Crippen MR) is 94.1 cm³/mol. The molecule has 0 radical (unpaired) electrons. The lowest BCUT2D eigenvalue weighted by molar-refractivity contribution is -0.337. The summed E-state index contributed by atoms with van der Waals surface area (Å²) in [6.45, 7) is -1.90. The van der Waals surface area contributed by atoms with Crippen LogP contribution in [0.15, 0.2) is 9.98 Å². The topological polar surface area (TPSA) is 312 Å². The molecular formula is C10H17N7O12S2. The highest BCUT2D eigenvalue weighted by Crippen LogP contribution is 2.51. The number of amides is 1. The van der Waals surface area contributed by atoms with Crippen LogP contribution in [0.4, 0.5) is 4.79 Å². The standard InChI is InChI=1S/C10H17N7O12S2/c11-5-15-4-3(1-27-7(13)18)14-6(12)17-2-8(28-30(21,22)23,29-31(24,25)26)10(19,20)9(4,17)16-5/h3-4,19-20H,1-2H2,(H2,12,14)(H2,13,18)(H3,11,15,16)(H,21,22,23)(H,24,25,26)/t3-,4-,9?/m0/s1. The molecule has 1 saturated heterocycles. The quantitative estimate of drug-likeness (QED) is 0.127. The summed E-state index contributed by atoms with van der Waals surface area (Å²) in [5.41, 5.74) is 13.8. The number of aliphatic imine (C=N–C) groups is 2. The lowest BCUT2D eigenvalue weighted by Crippen LogP contribution is -2.79. The molecule has 1 amide bonds. The van der Waals surface area contributed by atoms with Crippen LogP contribution in [-0.2, 0) is 33.9 Å². The number of ether oxygens (including phenoxy) is 1. The number of carbonyl (C=O) groups excluding carboxylic acids is 1. The molecule has 11 N–H and O–H groups in total. The minimum atomic E-state index is -5.66. The van der Waals surface area contributed by atoms with Crippen molar-refractivity contribution in [3.63, 3.8) is 0 Å². The molecular weight excluding hydrogens is 474 g/mol. The monoisotopic (exact) mass is 491 g/mol. The maximum absolute atomic E-state index is 11.4. The van der Waals surface area contributed by atoms with Crippen molar-refractivity contribution in [3.05, 3.63) is 0 Å². The van der Waals surface area contributed by atoms with E-state index in [0.717, 1.165) is 0 Å². The van der Waals surface area contributed by atoms with Gasteiger partial charge < -0.3 is 42.4 Å². The van der Waals surface area contributed by atoms with E-state index in [0.29, 0.717) is 4.90 Å². The normalized spacial score (nSPS) is 31.2. The summed E-state index contributed by atoms with van der Waals surface area (Å²) in [7, 11) is -11.3. The van der Waals surface area contributed by atoms with Crippen LogP contribution in [0.25, 0.3) is 0 Å². The molecule has 176 valence electrons. The third-order valence-corrected chi connectivity index (χ3v) is 5.65. The summed E-state index contributed by atoms with van der Waals surface area (Å²) in [6.07, 6.45) is -1.24. The first kappa shape index (κ1) is 23.1. The van der Waals surface area contributed by atoms with E-state index in [2.05, 4.69) is 28.4 Å². The van der Waals surface area contributed by atoms with Gasteiger partial charge in [-0.2, -0.15) is 16.8 Å². The number of hydrogen-bond acceptors (Lipinski definition) is 16. The summed E-state index contributed by atoms with van der Waals surface area (Å²) in [5, 5.41) is 24.3. The molecule has 1 unspecified atom stereocenters. The van der Waals surface area contributed by atoms with Gasteiger partial charge in [0.15, 0.2) is 11.9 Å². The van der Waals surface area contributed by atoms with Crippen LogP contribution >= 0.6 is 0 Å². The van der Waals surface area contributed by atoms with Crippen molar-refractivity contribution < 1.29 is 54.1 Å². The largest absolute Gasteiger partial charge is 0.447 e. The van der Waals surface area contributed by atoms with Gasteiger partial charge in [-0.1, -0.05) is 0 Å². The highest BCUT2D eigenvalue weighted by Gasteiger charge is 2.82. The van der Waals surface area contributed by atoms with Crippen LogP contribution in [0.2, 0.25) is 0 Å². The van der Waals surface area contributed by atoms with Gasteiger partial charge in [-0.25, -0.2) is 23.1 Å². The van der Waals surface area contributed by atoms with Gasteiger partial charge in [-0.15, -0.1) is 0 Å². The molecule has 3 atom stereocenters. The number of nitrogens with one attached hydrogen (secondary N) is 1. The highest BCUT2D eigenvalue weighted by atomic mass is 32.3. The Balaban J connectivity index is 2.21. The number of rotatable bonds is 6. The second-order valence-electron chi connectivity index (χ2n) is 6.57. The van der Waals surface area contributed by atoms with Gasteiger partial charge >= 0.3 is 26.9 Å². The average Bonchev–Trinajstić information content (AvgIpc) is 2.98. The maximum Gasteiger partial charge on any atom is 0.404 e. The maximum atomic E-state index is 11.4. The average molecular weight is 491 g/mol. The second-order valence-corrected chi connectivity index (χ2v) is 8.61. The summed E-state index contributed by atoms with van der Waals surface area (Å²) in [6, 6.07) is -2.88. The van der Waals surface area contributed by atoms with E-state index in [1.165, 1.54) is 0 Å². The molecule has 0 bridgehead atoms. The molecule has 3 aliphatic heterocycles. The summed E-state index contributed by atoms with van der Waals surface area (Å²) in [4.78, 5) is 19.4. The summed E-state index contributed by atoms with van der Waals surface area (Å²) < 4.78 is 76.7. The second kappa shape index (κ2) is 6.73. The zero-order chi connectivity index (χ0) is 23.6. The van der Waals surface area contributed by atoms with E-state index in [1.54, 1.807) is 0 Å². The molecule has 1 fully saturated rings. The van der Waals surface area contributed by atoms with Crippen molar-refractivity contribution in [2.45, 2.75) is 29.3 Å². The molecule has 0 aromatic heterocycles. The van der Waals surface area contributed by atoms with Crippen LogP contribution in [0.1, 0.15) is 0 Å².